The summed E-state index contributed by atoms with van der Waals surface area (Å²) in [5, 5.41) is 3.53. The summed E-state index contributed by atoms with van der Waals surface area (Å²) >= 11 is 0. The minimum atomic E-state index is 0.350. The first-order chi connectivity index (χ1) is 10.2. The minimum Gasteiger partial charge on any atom is -0.465 e. The Morgan fingerprint density at radius 3 is 2.52 bits per heavy atom. The van der Waals surface area contributed by atoms with E-state index >= 15 is 0 Å². The Morgan fingerprint density at radius 1 is 1.14 bits per heavy atom. The Hall–Kier alpha value is -1.58. The van der Waals surface area contributed by atoms with E-state index in [1.54, 1.807) is 0 Å². The second kappa shape index (κ2) is 8.01. The average Bonchev–Trinajstić information content (AvgIpc) is 2.89. The topological polar surface area (TPSA) is 28.4 Å². The van der Waals surface area contributed by atoms with Crippen molar-refractivity contribution in [1.82, 2.24) is 10.2 Å². The van der Waals surface area contributed by atoms with Crippen LogP contribution in [0.2, 0.25) is 0 Å². The van der Waals surface area contributed by atoms with Crippen molar-refractivity contribution in [2.24, 2.45) is 0 Å². The molecule has 0 saturated heterocycles. The van der Waals surface area contributed by atoms with Crippen molar-refractivity contribution in [3.05, 3.63) is 59.5 Å². The monoisotopic (exact) mass is 286 g/mol. The molecule has 2 aromatic rings. The van der Waals surface area contributed by atoms with Crippen molar-refractivity contribution >= 4 is 0 Å². The maximum atomic E-state index is 5.70. The molecule has 1 unspecified atom stereocenters. The predicted octanol–water partition coefficient (Wildman–Crippen LogP) is 3.76. The first-order valence-electron chi connectivity index (χ1n) is 7.72. The molecule has 0 amide bonds. The van der Waals surface area contributed by atoms with E-state index in [4.69, 9.17) is 4.42 Å². The molecule has 0 bridgehead atoms. The van der Waals surface area contributed by atoms with E-state index in [9.17, 15) is 0 Å². The van der Waals surface area contributed by atoms with Gasteiger partial charge in [0.2, 0.25) is 0 Å². The highest BCUT2D eigenvalue weighted by molar-refractivity contribution is 5.19. The van der Waals surface area contributed by atoms with Gasteiger partial charge < -0.3 is 9.73 Å². The molecule has 1 N–H and O–H groups in total. The molecule has 1 aromatic carbocycles. The average molecular weight is 286 g/mol. The van der Waals surface area contributed by atoms with Crippen LogP contribution in [0.3, 0.4) is 0 Å². The maximum Gasteiger partial charge on any atom is 0.118 e. The van der Waals surface area contributed by atoms with Crippen LogP contribution >= 0.6 is 0 Å². The van der Waals surface area contributed by atoms with Crippen LogP contribution in [0.25, 0.3) is 0 Å². The number of hydrogen-bond donors (Lipinski definition) is 1. The Balaban J connectivity index is 2.06. The third kappa shape index (κ3) is 4.73. The summed E-state index contributed by atoms with van der Waals surface area (Å²) in [6.45, 7) is 7.01. The summed E-state index contributed by atoms with van der Waals surface area (Å²) in [7, 11) is 2.16. The van der Waals surface area contributed by atoms with Gasteiger partial charge >= 0.3 is 0 Å². The third-order valence-corrected chi connectivity index (χ3v) is 3.68. The Morgan fingerprint density at radius 2 is 1.90 bits per heavy atom. The van der Waals surface area contributed by atoms with Crippen LogP contribution in [0.4, 0.5) is 0 Å². The smallest absolute Gasteiger partial charge is 0.118 e. The molecule has 1 aromatic heterocycles. The highest BCUT2D eigenvalue weighted by Crippen LogP contribution is 2.21. The van der Waals surface area contributed by atoms with Crippen LogP contribution in [0.1, 0.15) is 36.5 Å². The van der Waals surface area contributed by atoms with Gasteiger partial charge in [0.15, 0.2) is 0 Å². The number of aryl methyl sites for hydroxylation is 1. The molecule has 3 nitrogen and oxygen atoms in total. The van der Waals surface area contributed by atoms with Gasteiger partial charge in [-0.05, 0) is 44.6 Å². The molecule has 0 radical (unpaired) electrons. The van der Waals surface area contributed by atoms with E-state index in [0.717, 1.165) is 37.6 Å². The fourth-order valence-corrected chi connectivity index (χ4v) is 2.55. The molecule has 0 spiro atoms. The Kier molecular flexibility index (Phi) is 6.03. The molecule has 21 heavy (non-hydrogen) atoms. The van der Waals surface area contributed by atoms with E-state index in [2.05, 4.69) is 60.6 Å². The summed E-state index contributed by atoms with van der Waals surface area (Å²) < 4.78 is 5.70. The fraction of sp³-hybridized carbons (Fsp3) is 0.444. The van der Waals surface area contributed by atoms with Crippen molar-refractivity contribution in [2.45, 2.75) is 32.9 Å². The molecule has 1 atom stereocenters. The first-order valence-corrected chi connectivity index (χ1v) is 7.72. The summed E-state index contributed by atoms with van der Waals surface area (Å²) in [4.78, 5) is 2.34. The van der Waals surface area contributed by atoms with E-state index in [1.807, 2.05) is 13.0 Å². The molecule has 1 heterocycles. The largest absolute Gasteiger partial charge is 0.465 e. The second-order valence-electron chi connectivity index (χ2n) is 5.56. The van der Waals surface area contributed by atoms with Gasteiger partial charge in [-0.15, -0.1) is 0 Å². The number of nitrogens with zero attached hydrogens (tertiary/aromatic N) is 1. The second-order valence-corrected chi connectivity index (χ2v) is 5.56. The molecule has 0 fully saturated rings. The number of nitrogens with one attached hydrogen (secondary N) is 1. The zero-order valence-electron chi connectivity index (χ0n) is 13.3. The molecular weight excluding hydrogens is 260 g/mol. The third-order valence-electron chi connectivity index (χ3n) is 3.68. The molecule has 0 aliphatic heterocycles. The maximum absolute atomic E-state index is 5.70. The SMILES string of the molecule is CCCNCC(c1ccccc1)N(C)Cc1ccc(C)o1. The highest BCUT2D eigenvalue weighted by atomic mass is 16.3. The predicted molar refractivity (Wildman–Crippen MR) is 87.3 cm³/mol. The number of hydrogen-bond acceptors (Lipinski definition) is 3. The molecule has 2 rings (SSSR count). The summed E-state index contributed by atoms with van der Waals surface area (Å²) in [6.07, 6.45) is 1.16. The lowest BCUT2D eigenvalue weighted by atomic mass is 10.1. The number of rotatable bonds is 8. The van der Waals surface area contributed by atoms with Gasteiger partial charge in [-0.1, -0.05) is 37.3 Å². The van der Waals surface area contributed by atoms with E-state index < -0.39 is 0 Å². The highest BCUT2D eigenvalue weighted by Gasteiger charge is 2.17. The van der Waals surface area contributed by atoms with Crippen molar-refractivity contribution < 1.29 is 4.42 Å². The van der Waals surface area contributed by atoms with Gasteiger partial charge in [0, 0.05) is 12.6 Å². The van der Waals surface area contributed by atoms with Crippen LogP contribution < -0.4 is 5.32 Å². The van der Waals surface area contributed by atoms with Gasteiger partial charge in [-0.25, -0.2) is 0 Å². The van der Waals surface area contributed by atoms with Gasteiger partial charge in [-0.2, -0.15) is 0 Å². The fourth-order valence-electron chi connectivity index (χ4n) is 2.55. The number of likely N-dealkylation sites (N-methyl/N-ethyl adjacent to an activating group) is 1. The first kappa shape index (κ1) is 15.8. The zero-order valence-corrected chi connectivity index (χ0v) is 13.3. The van der Waals surface area contributed by atoms with Crippen LogP contribution in [0.5, 0.6) is 0 Å². The van der Waals surface area contributed by atoms with Gasteiger partial charge in [0.05, 0.1) is 6.54 Å². The molecular formula is C18H26N2O. The molecule has 3 heteroatoms. The van der Waals surface area contributed by atoms with Crippen molar-refractivity contribution in [2.75, 3.05) is 20.1 Å². The normalized spacial score (nSPS) is 12.8. The quantitative estimate of drug-likeness (QED) is 0.749. The standard InChI is InChI=1S/C18H26N2O/c1-4-12-19-13-18(16-8-6-5-7-9-16)20(3)14-17-11-10-15(2)21-17/h5-11,18-19H,4,12-14H2,1-3H3. The molecule has 0 saturated carbocycles. The van der Waals surface area contributed by atoms with Crippen LogP contribution in [0.15, 0.2) is 46.9 Å². The van der Waals surface area contributed by atoms with Crippen LogP contribution in [0, 0.1) is 6.92 Å². The number of benzene rings is 1. The van der Waals surface area contributed by atoms with E-state index in [1.165, 1.54) is 5.56 Å². The lowest BCUT2D eigenvalue weighted by Gasteiger charge is -2.28. The lowest BCUT2D eigenvalue weighted by Crippen LogP contribution is -2.33. The number of furan rings is 1. The summed E-state index contributed by atoms with van der Waals surface area (Å²) in [5.74, 6) is 1.99. The van der Waals surface area contributed by atoms with Gasteiger partial charge in [0.25, 0.3) is 0 Å². The van der Waals surface area contributed by atoms with Gasteiger partial charge in [-0.3, -0.25) is 4.90 Å². The van der Waals surface area contributed by atoms with Gasteiger partial charge in [0.1, 0.15) is 11.5 Å². The van der Waals surface area contributed by atoms with Crippen molar-refractivity contribution in [3.8, 4) is 0 Å². The molecule has 0 aliphatic rings. The summed E-state index contributed by atoms with van der Waals surface area (Å²) in [5.41, 5.74) is 1.34. The molecule has 0 aliphatic carbocycles. The zero-order chi connectivity index (χ0) is 15.1. The van der Waals surface area contributed by atoms with E-state index in [-0.39, 0.29) is 0 Å². The van der Waals surface area contributed by atoms with Crippen LogP contribution in [-0.2, 0) is 6.54 Å². The van der Waals surface area contributed by atoms with Crippen molar-refractivity contribution in [1.29, 1.82) is 0 Å². The Bertz CT molecular complexity index is 521. The lowest BCUT2D eigenvalue weighted by molar-refractivity contribution is 0.212. The molecule has 114 valence electrons. The minimum absolute atomic E-state index is 0.350. The summed E-state index contributed by atoms with van der Waals surface area (Å²) in [6, 6.07) is 15.1. The Labute approximate surface area is 128 Å². The van der Waals surface area contributed by atoms with Crippen LogP contribution in [-0.4, -0.2) is 25.0 Å². The van der Waals surface area contributed by atoms with Crippen molar-refractivity contribution in [3.63, 3.8) is 0 Å². The van der Waals surface area contributed by atoms with E-state index in [0.29, 0.717) is 6.04 Å².